The lowest BCUT2D eigenvalue weighted by Gasteiger charge is -2.33. The molecule has 1 aromatic carbocycles. The highest BCUT2D eigenvalue weighted by molar-refractivity contribution is 6.04. The molecule has 7 heteroatoms. The third-order valence-electron chi connectivity index (χ3n) is 3.59. The number of anilines is 1. The number of aryl methyl sites for hydroxylation is 1. The van der Waals surface area contributed by atoms with E-state index >= 15 is 0 Å². The molecule has 0 radical (unpaired) electrons. The van der Waals surface area contributed by atoms with Gasteiger partial charge >= 0.3 is 5.97 Å². The molecule has 0 spiro atoms. The van der Waals surface area contributed by atoms with Crippen LogP contribution in [0.2, 0.25) is 0 Å². The molecule has 24 heavy (non-hydrogen) atoms. The second-order valence-electron chi connectivity index (χ2n) is 6.30. The van der Waals surface area contributed by atoms with Gasteiger partial charge < -0.3 is 15.2 Å². The molecule has 0 aromatic heterocycles. The van der Waals surface area contributed by atoms with Gasteiger partial charge in [-0.05, 0) is 30.5 Å². The SMILES string of the molecule is Cc1ccc2c(c1)OC(CC(=O)O)C(=O)N2CC(=O)NCC(C)C. The number of hydrogen-bond donors (Lipinski definition) is 2. The molecule has 1 unspecified atom stereocenters. The third-order valence-corrected chi connectivity index (χ3v) is 3.59. The van der Waals surface area contributed by atoms with Crippen LogP contribution < -0.4 is 15.0 Å². The van der Waals surface area contributed by atoms with E-state index in [1.807, 2.05) is 26.8 Å². The molecule has 0 bridgehead atoms. The van der Waals surface area contributed by atoms with Gasteiger partial charge in [-0.3, -0.25) is 19.3 Å². The fourth-order valence-electron chi connectivity index (χ4n) is 2.40. The second-order valence-corrected chi connectivity index (χ2v) is 6.30. The van der Waals surface area contributed by atoms with E-state index < -0.39 is 24.4 Å². The Morgan fingerprint density at radius 3 is 2.71 bits per heavy atom. The number of ether oxygens (including phenoxy) is 1. The molecule has 1 atom stereocenters. The predicted octanol–water partition coefficient (Wildman–Crippen LogP) is 1.34. The average Bonchev–Trinajstić information content (AvgIpc) is 2.48. The van der Waals surface area contributed by atoms with E-state index in [0.29, 0.717) is 23.9 Å². The van der Waals surface area contributed by atoms with Gasteiger partial charge in [-0.1, -0.05) is 19.9 Å². The number of carbonyl (C=O) groups is 3. The number of amides is 2. The zero-order valence-electron chi connectivity index (χ0n) is 14.0. The summed E-state index contributed by atoms with van der Waals surface area (Å²) in [6, 6.07) is 5.25. The third kappa shape index (κ3) is 4.24. The van der Waals surface area contributed by atoms with Crippen LogP contribution in [-0.2, 0) is 14.4 Å². The van der Waals surface area contributed by atoms with Crippen molar-refractivity contribution < 1.29 is 24.2 Å². The van der Waals surface area contributed by atoms with Crippen molar-refractivity contribution in [2.45, 2.75) is 33.3 Å². The summed E-state index contributed by atoms with van der Waals surface area (Å²) in [6.45, 7) is 6.16. The summed E-state index contributed by atoms with van der Waals surface area (Å²) >= 11 is 0. The lowest BCUT2D eigenvalue weighted by atomic mass is 10.1. The second kappa shape index (κ2) is 7.33. The van der Waals surface area contributed by atoms with E-state index in [4.69, 9.17) is 9.84 Å². The number of nitrogens with one attached hydrogen (secondary N) is 1. The van der Waals surface area contributed by atoms with Crippen LogP contribution in [-0.4, -0.2) is 42.1 Å². The number of carbonyl (C=O) groups excluding carboxylic acids is 2. The van der Waals surface area contributed by atoms with E-state index in [9.17, 15) is 14.4 Å². The number of carboxylic acid groups (broad SMARTS) is 1. The minimum Gasteiger partial charge on any atom is -0.481 e. The van der Waals surface area contributed by atoms with E-state index in [2.05, 4.69) is 5.32 Å². The number of aliphatic carboxylic acids is 1. The Kier molecular flexibility index (Phi) is 5.43. The van der Waals surface area contributed by atoms with E-state index in [0.717, 1.165) is 5.56 Å². The maximum absolute atomic E-state index is 12.5. The maximum Gasteiger partial charge on any atom is 0.307 e. The number of rotatable bonds is 6. The molecule has 0 saturated heterocycles. The van der Waals surface area contributed by atoms with Crippen molar-refractivity contribution in [2.24, 2.45) is 5.92 Å². The Labute approximate surface area is 140 Å². The van der Waals surface area contributed by atoms with Crippen LogP contribution in [0.1, 0.15) is 25.8 Å². The number of fused-ring (bicyclic) bond motifs is 1. The Hall–Kier alpha value is -2.57. The summed E-state index contributed by atoms with van der Waals surface area (Å²) in [5.41, 5.74) is 1.40. The first-order valence-electron chi connectivity index (χ1n) is 7.85. The quantitative estimate of drug-likeness (QED) is 0.818. The molecule has 2 amide bonds. The summed E-state index contributed by atoms with van der Waals surface area (Å²) in [6.07, 6.45) is -1.58. The number of benzene rings is 1. The van der Waals surface area contributed by atoms with Gasteiger partial charge in [0.2, 0.25) is 5.91 Å². The van der Waals surface area contributed by atoms with E-state index in [1.54, 1.807) is 12.1 Å². The maximum atomic E-state index is 12.5. The summed E-state index contributed by atoms with van der Waals surface area (Å²) in [4.78, 5) is 36.9. The van der Waals surface area contributed by atoms with Crippen LogP contribution in [0.25, 0.3) is 0 Å². The van der Waals surface area contributed by atoms with Crippen molar-refractivity contribution in [3.05, 3.63) is 23.8 Å². The molecule has 130 valence electrons. The normalized spacial score (nSPS) is 16.6. The van der Waals surface area contributed by atoms with Crippen molar-refractivity contribution in [1.29, 1.82) is 0 Å². The average molecular weight is 334 g/mol. The Morgan fingerprint density at radius 2 is 2.08 bits per heavy atom. The zero-order valence-corrected chi connectivity index (χ0v) is 14.0. The largest absolute Gasteiger partial charge is 0.481 e. The lowest BCUT2D eigenvalue weighted by Crippen LogP contribution is -2.50. The summed E-state index contributed by atoms with van der Waals surface area (Å²) < 4.78 is 5.54. The highest BCUT2D eigenvalue weighted by Crippen LogP contribution is 2.35. The van der Waals surface area contributed by atoms with Gasteiger partial charge in [0.25, 0.3) is 5.91 Å². The molecule has 0 fully saturated rings. The van der Waals surface area contributed by atoms with Gasteiger partial charge in [0, 0.05) is 6.54 Å². The number of hydrogen-bond acceptors (Lipinski definition) is 4. The summed E-state index contributed by atoms with van der Waals surface area (Å²) in [7, 11) is 0. The molecule has 1 aliphatic heterocycles. The first kappa shape index (κ1) is 17.8. The van der Waals surface area contributed by atoms with Gasteiger partial charge in [-0.2, -0.15) is 0 Å². The first-order valence-corrected chi connectivity index (χ1v) is 7.85. The van der Waals surface area contributed by atoms with Crippen LogP contribution in [0.4, 0.5) is 5.69 Å². The van der Waals surface area contributed by atoms with Gasteiger partial charge in [-0.25, -0.2) is 0 Å². The highest BCUT2D eigenvalue weighted by atomic mass is 16.5. The van der Waals surface area contributed by atoms with Crippen LogP contribution in [0.3, 0.4) is 0 Å². The van der Waals surface area contributed by atoms with Gasteiger partial charge in [0.1, 0.15) is 12.3 Å². The fourth-order valence-corrected chi connectivity index (χ4v) is 2.40. The van der Waals surface area contributed by atoms with Crippen LogP contribution in [0, 0.1) is 12.8 Å². The van der Waals surface area contributed by atoms with Gasteiger partial charge in [-0.15, -0.1) is 0 Å². The predicted molar refractivity (Wildman–Crippen MR) is 88.0 cm³/mol. The van der Waals surface area contributed by atoms with Crippen LogP contribution >= 0.6 is 0 Å². The topological polar surface area (TPSA) is 95.9 Å². The minimum absolute atomic E-state index is 0.166. The van der Waals surface area contributed by atoms with Gasteiger partial charge in [0.05, 0.1) is 12.1 Å². The van der Waals surface area contributed by atoms with Gasteiger partial charge in [0.15, 0.2) is 6.10 Å². The molecule has 2 rings (SSSR count). The Bertz CT molecular complexity index is 656. The first-order chi connectivity index (χ1) is 11.3. The van der Waals surface area contributed by atoms with Crippen LogP contribution in [0.5, 0.6) is 5.75 Å². The number of nitrogens with zero attached hydrogens (tertiary/aromatic N) is 1. The molecular weight excluding hydrogens is 312 g/mol. The molecule has 0 saturated carbocycles. The Morgan fingerprint density at radius 1 is 1.38 bits per heavy atom. The molecule has 2 N–H and O–H groups in total. The van der Waals surface area contributed by atoms with Crippen molar-refractivity contribution in [2.75, 3.05) is 18.0 Å². The zero-order chi connectivity index (χ0) is 17.9. The Balaban J connectivity index is 2.24. The molecule has 1 aliphatic rings. The summed E-state index contributed by atoms with van der Waals surface area (Å²) in [5.74, 6) is -1.23. The van der Waals surface area contributed by atoms with Crippen LogP contribution in [0.15, 0.2) is 18.2 Å². The van der Waals surface area contributed by atoms with Crippen molar-refractivity contribution >= 4 is 23.5 Å². The monoisotopic (exact) mass is 334 g/mol. The molecule has 1 heterocycles. The molecule has 0 aliphatic carbocycles. The van der Waals surface area contributed by atoms with E-state index in [1.165, 1.54) is 4.90 Å². The molecule has 7 nitrogen and oxygen atoms in total. The smallest absolute Gasteiger partial charge is 0.307 e. The molecular formula is C17H22N2O5. The van der Waals surface area contributed by atoms with E-state index in [-0.39, 0.29) is 12.5 Å². The summed E-state index contributed by atoms with van der Waals surface area (Å²) in [5, 5.41) is 11.7. The van der Waals surface area contributed by atoms with Crippen molar-refractivity contribution in [1.82, 2.24) is 5.32 Å². The fraction of sp³-hybridized carbons (Fsp3) is 0.471. The standard InChI is InChI=1S/C17H22N2O5/c1-10(2)8-18-15(20)9-19-12-5-4-11(3)6-13(12)24-14(17(19)23)7-16(21)22/h4-6,10,14H,7-9H2,1-3H3,(H,18,20)(H,21,22). The highest BCUT2D eigenvalue weighted by Gasteiger charge is 2.36. The van der Waals surface area contributed by atoms with Crippen molar-refractivity contribution in [3.8, 4) is 5.75 Å². The molecule has 1 aromatic rings. The number of carboxylic acids is 1. The minimum atomic E-state index is -1.13. The lowest BCUT2D eigenvalue weighted by molar-refractivity contribution is -0.142. The van der Waals surface area contributed by atoms with Crippen molar-refractivity contribution in [3.63, 3.8) is 0 Å².